The zero-order chi connectivity index (χ0) is 51.4. The molecule has 2 heterocycles. The van der Waals surface area contributed by atoms with Crippen LogP contribution in [0.5, 0.6) is 5.75 Å². The first-order valence-corrected chi connectivity index (χ1v) is 25.9. The fourth-order valence-corrected chi connectivity index (χ4v) is 10.5. The summed E-state index contributed by atoms with van der Waals surface area (Å²) in [4.78, 5) is 0.811. The van der Waals surface area contributed by atoms with Crippen molar-refractivity contribution in [1.29, 1.82) is 0 Å². The van der Waals surface area contributed by atoms with Crippen molar-refractivity contribution in [1.82, 2.24) is 30.0 Å². The summed E-state index contributed by atoms with van der Waals surface area (Å²) in [6.07, 6.45) is 0. The maximum absolute atomic E-state index is 12.2. The Morgan fingerprint density at radius 1 is 0.466 bits per heavy atom. The molecule has 26 nitrogen and oxygen atoms in total. The fraction of sp³-hybridized carbons (Fsp3) is 0. The number of benzene rings is 8. The lowest BCUT2D eigenvalue weighted by atomic mass is 10.1. The van der Waals surface area contributed by atoms with E-state index >= 15 is 0 Å². The van der Waals surface area contributed by atoms with Crippen LogP contribution in [0.15, 0.2) is 166 Å². The minimum absolute atomic E-state index is 0.0262. The van der Waals surface area contributed by atoms with Gasteiger partial charge < -0.3 is 5.11 Å². The lowest BCUT2D eigenvalue weighted by Gasteiger charge is -2.10. The molecular formula is C42H26N10O16S5. The summed E-state index contributed by atoms with van der Waals surface area (Å²) in [5.41, 5.74) is 2.94. The smallest absolute Gasteiger partial charge is 0.295 e. The van der Waals surface area contributed by atoms with Crippen LogP contribution in [0.2, 0.25) is 0 Å². The third kappa shape index (κ3) is 9.91. The Balaban J connectivity index is 0.878. The lowest BCUT2D eigenvalue weighted by molar-refractivity contribution is -0.432. The molecule has 370 valence electrons. The number of fused-ring (bicyclic) bond motifs is 7. The Morgan fingerprint density at radius 2 is 0.945 bits per heavy atom. The van der Waals surface area contributed by atoms with Crippen molar-refractivity contribution >= 4 is 132 Å². The molecule has 10 rings (SSSR count). The topological polar surface area (TPSA) is 372 Å². The second-order valence-corrected chi connectivity index (χ2v) is 20.9. The van der Waals surface area contributed by atoms with Crippen LogP contribution >= 0.6 is 24.1 Å². The molecule has 0 spiro atoms. The Morgan fingerprint density at radius 3 is 1.51 bits per heavy atom. The molecule has 0 aliphatic carbocycles. The van der Waals surface area contributed by atoms with Crippen LogP contribution in [0.1, 0.15) is 0 Å². The maximum Gasteiger partial charge on any atom is 0.295 e. The van der Waals surface area contributed by atoms with Gasteiger partial charge in [0.05, 0.1) is 67.2 Å². The molecule has 0 saturated heterocycles. The highest BCUT2D eigenvalue weighted by atomic mass is 32.2. The first kappa shape index (κ1) is 49.1. The van der Waals surface area contributed by atoms with Crippen LogP contribution in [0.25, 0.3) is 65.8 Å². The SMILES string of the molecule is O=S(=O)(O)c1cc(SOOO)c2ccc3nn(-c4ccc(N=Nc5ccc(N=Nc6c(SOOO)cc7cc(-n8nc9ccc%10c(S(=O)(=O)O)cc(S(=O)(=O)O)cc%10c9n8)ccc7c6O)cc5)cc4)nc3c2c1. The van der Waals surface area contributed by atoms with Gasteiger partial charge in [0.1, 0.15) is 32.6 Å². The van der Waals surface area contributed by atoms with Gasteiger partial charge >= 0.3 is 0 Å². The molecule has 0 radical (unpaired) electrons. The average molecular weight is 1090 g/mol. The quantitative estimate of drug-likeness (QED) is 0.0183. The van der Waals surface area contributed by atoms with E-state index in [1.54, 1.807) is 66.7 Å². The Labute approximate surface area is 416 Å². The van der Waals surface area contributed by atoms with Gasteiger partial charge in [0, 0.05) is 31.8 Å². The molecule has 0 unspecified atom stereocenters. The van der Waals surface area contributed by atoms with Gasteiger partial charge in [0.25, 0.3) is 30.4 Å². The number of rotatable bonds is 15. The summed E-state index contributed by atoms with van der Waals surface area (Å²) in [5, 5.41) is 72.8. The van der Waals surface area contributed by atoms with Crippen molar-refractivity contribution in [2.75, 3.05) is 0 Å². The van der Waals surface area contributed by atoms with Crippen molar-refractivity contribution < 1.29 is 73.3 Å². The number of hydrogen-bond acceptors (Lipinski definition) is 23. The van der Waals surface area contributed by atoms with Crippen LogP contribution in [0.4, 0.5) is 22.7 Å². The van der Waals surface area contributed by atoms with E-state index in [0.717, 1.165) is 16.9 Å². The van der Waals surface area contributed by atoms with Gasteiger partial charge in [-0.2, -0.15) is 50.2 Å². The van der Waals surface area contributed by atoms with Gasteiger partial charge in [-0.25, -0.2) is 10.5 Å². The number of aromatic hydroxyl groups is 1. The van der Waals surface area contributed by atoms with Crippen molar-refractivity contribution in [3.8, 4) is 17.1 Å². The van der Waals surface area contributed by atoms with Gasteiger partial charge in [0.2, 0.25) is 0 Å². The molecule has 73 heavy (non-hydrogen) atoms. The molecule has 8 aromatic carbocycles. The van der Waals surface area contributed by atoms with E-state index in [1.807, 2.05) is 0 Å². The van der Waals surface area contributed by atoms with Crippen molar-refractivity contribution in [3.05, 3.63) is 121 Å². The van der Waals surface area contributed by atoms with E-state index in [9.17, 15) is 44.0 Å². The third-order valence-corrected chi connectivity index (χ3v) is 14.6. The first-order valence-electron chi connectivity index (χ1n) is 20.1. The van der Waals surface area contributed by atoms with Gasteiger partial charge in [-0.15, -0.1) is 34.2 Å². The molecule has 31 heteroatoms. The summed E-state index contributed by atoms with van der Waals surface area (Å²) in [5.74, 6) is -0.345. The zero-order valence-corrected chi connectivity index (χ0v) is 39.9. The van der Waals surface area contributed by atoms with E-state index in [0.29, 0.717) is 85.8 Å². The molecule has 2 aromatic heterocycles. The highest BCUT2D eigenvalue weighted by Crippen LogP contribution is 2.45. The summed E-state index contributed by atoms with van der Waals surface area (Å²) >= 11 is 1.02. The number of aromatic nitrogens is 6. The van der Waals surface area contributed by atoms with Gasteiger partial charge in [0.15, 0.2) is 5.75 Å². The summed E-state index contributed by atoms with van der Waals surface area (Å²) < 4.78 is 111. The van der Waals surface area contributed by atoms with Crippen LogP contribution in [-0.2, 0) is 49.1 Å². The van der Waals surface area contributed by atoms with E-state index in [1.165, 1.54) is 41.2 Å². The average Bonchev–Trinajstić information content (AvgIpc) is 4.02. The predicted molar refractivity (Wildman–Crippen MR) is 257 cm³/mol. The Hall–Kier alpha value is -7.47. The fourth-order valence-electron chi connectivity index (χ4n) is 7.51. The van der Waals surface area contributed by atoms with Crippen molar-refractivity contribution in [3.63, 3.8) is 0 Å². The van der Waals surface area contributed by atoms with E-state index in [2.05, 4.69) is 59.6 Å². The maximum atomic E-state index is 12.2. The number of phenols is 1. The van der Waals surface area contributed by atoms with E-state index in [-0.39, 0.29) is 48.4 Å². The normalized spacial score (nSPS) is 12.8. The highest BCUT2D eigenvalue weighted by Gasteiger charge is 2.24. The van der Waals surface area contributed by atoms with Crippen LogP contribution in [0.3, 0.4) is 0 Å². The first-order chi connectivity index (χ1) is 34.9. The molecule has 10 aromatic rings. The Bertz CT molecular complexity index is 4290. The molecule has 0 aliphatic heterocycles. The minimum atomic E-state index is -4.96. The van der Waals surface area contributed by atoms with Crippen LogP contribution in [-0.4, -0.2) is 84.5 Å². The van der Waals surface area contributed by atoms with E-state index < -0.39 is 45.0 Å². The number of nitrogens with zero attached hydrogens (tertiary/aromatic N) is 10. The summed E-state index contributed by atoms with van der Waals surface area (Å²) in [7, 11) is -14.5. The van der Waals surface area contributed by atoms with Gasteiger partial charge in [-0.1, -0.05) is 22.2 Å². The molecule has 0 aliphatic rings. The predicted octanol–water partition coefficient (Wildman–Crippen LogP) is 9.75. The highest BCUT2D eigenvalue weighted by molar-refractivity contribution is 7.95. The molecular weight excluding hydrogens is 1060 g/mol. The van der Waals surface area contributed by atoms with E-state index in [4.69, 9.17) is 10.5 Å². The van der Waals surface area contributed by atoms with Crippen molar-refractivity contribution in [2.45, 2.75) is 24.5 Å². The van der Waals surface area contributed by atoms with Crippen LogP contribution in [0, 0.1) is 0 Å². The molecule has 0 fully saturated rings. The molecule has 0 atom stereocenters. The zero-order valence-electron chi connectivity index (χ0n) is 35.8. The summed E-state index contributed by atoms with van der Waals surface area (Å²) in [6, 6.07) is 29.3. The largest absolute Gasteiger partial charge is 0.505 e. The molecule has 0 amide bonds. The lowest BCUT2D eigenvalue weighted by Crippen LogP contribution is -2.04. The molecule has 6 N–H and O–H groups in total. The third-order valence-electron chi connectivity index (χ3n) is 10.8. The summed E-state index contributed by atoms with van der Waals surface area (Å²) in [6.45, 7) is 0. The number of phenolic OH excluding ortho intramolecular Hbond substituents is 1. The van der Waals surface area contributed by atoms with Crippen molar-refractivity contribution in [2.24, 2.45) is 20.5 Å². The second-order valence-electron chi connectivity index (χ2n) is 15.2. The number of hydrogen-bond donors (Lipinski definition) is 6. The van der Waals surface area contributed by atoms with Gasteiger partial charge in [-0.3, -0.25) is 13.7 Å². The van der Waals surface area contributed by atoms with Gasteiger partial charge in [-0.05, 0) is 115 Å². The van der Waals surface area contributed by atoms with Crippen LogP contribution < -0.4 is 0 Å². The monoisotopic (exact) mass is 1090 g/mol. The number of azo groups is 2. The molecule has 0 bridgehead atoms. The second kappa shape index (κ2) is 19.2. The molecule has 0 saturated carbocycles. The minimum Gasteiger partial charge on any atom is -0.505 e. The standard InChI is InChI=1S/C42H26N10O16S5/c53-42-29-10-9-26(52-48-35-14-12-31-33(40(35)50-52)18-28(72(59,60)61)20-38(31)73(62,63)64)15-21(29)16-37(70-68-66-55)41(42)46-45-23-3-1-22(2-4-23)43-44-24-5-7-25(8-6-24)51-47-34-13-11-30-32(39(34)49-51)17-27(71(56,57)58)19-36(30)69-67-65-54/h1-20,53-55H,(H,56,57,58)(H,59,60,61)(H,62,63,64). The Kier molecular flexibility index (Phi) is 12.9.